The van der Waals surface area contributed by atoms with E-state index < -0.39 is 5.67 Å². The van der Waals surface area contributed by atoms with Crippen LogP contribution in [0.25, 0.3) is 0 Å². The van der Waals surface area contributed by atoms with Crippen LogP contribution >= 0.6 is 0 Å². The minimum absolute atomic E-state index is 0.352. The van der Waals surface area contributed by atoms with Crippen molar-refractivity contribution in [2.24, 2.45) is 0 Å². The summed E-state index contributed by atoms with van der Waals surface area (Å²) in [7, 11) is 0. The average Bonchev–Trinajstić information content (AvgIpc) is 2.11. The molecular formula is C7H10FNO. The van der Waals surface area contributed by atoms with Crippen LogP contribution in [0.3, 0.4) is 0 Å². The number of nitrogens with zero attached hydrogens (tertiary/aromatic N) is 1. The van der Waals surface area contributed by atoms with E-state index in [9.17, 15) is 4.39 Å². The van der Waals surface area contributed by atoms with E-state index in [1.807, 2.05) is 0 Å². The average molecular weight is 143 g/mol. The van der Waals surface area contributed by atoms with E-state index in [1.165, 1.54) is 13.8 Å². The topological polar surface area (TPSA) is 26.0 Å². The molecule has 0 amide bonds. The van der Waals surface area contributed by atoms with Gasteiger partial charge in [0.1, 0.15) is 11.5 Å². The number of hydrogen-bond donors (Lipinski definition) is 0. The maximum Gasteiger partial charge on any atom is 0.150 e. The number of hydrogen-bond acceptors (Lipinski definition) is 2. The summed E-state index contributed by atoms with van der Waals surface area (Å²) in [6.07, 6.45) is 0. The Morgan fingerprint density at radius 2 is 2.20 bits per heavy atom. The highest BCUT2D eigenvalue weighted by Gasteiger charge is 2.22. The second-order valence-corrected chi connectivity index (χ2v) is 2.80. The summed E-state index contributed by atoms with van der Waals surface area (Å²) in [5.74, 6) is 0.640. The zero-order chi connectivity index (χ0) is 7.78. The molecule has 0 spiro atoms. The van der Waals surface area contributed by atoms with Crippen LogP contribution in [0.4, 0.5) is 4.39 Å². The molecule has 0 atom stereocenters. The van der Waals surface area contributed by atoms with Gasteiger partial charge in [-0.15, -0.1) is 0 Å². The first-order chi connectivity index (χ1) is 4.50. The molecule has 0 unspecified atom stereocenters. The smallest absolute Gasteiger partial charge is 0.150 e. The summed E-state index contributed by atoms with van der Waals surface area (Å²) < 4.78 is 17.7. The van der Waals surface area contributed by atoms with Gasteiger partial charge < -0.3 is 4.52 Å². The molecule has 0 aromatic carbocycles. The van der Waals surface area contributed by atoms with E-state index in [0.717, 1.165) is 0 Å². The van der Waals surface area contributed by atoms with Crippen molar-refractivity contribution in [3.05, 3.63) is 17.5 Å². The van der Waals surface area contributed by atoms with E-state index in [2.05, 4.69) is 5.16 Å². The molecule has 0 saturated carbocycles. The fourth-order valence-corrected chi connectivity index (χ4v) is 0.647. The molecule has 0 bridgehead atoms. The molecule has 0 fully saturated rings. The zero-order valence-electron chi connectivity index (χ0n) is 6.31. The summed E-state index contributed by atoms with van der Waals surface area (Å²) >= 11 is 0. The molecule has 1 aromatic rings. The Hall–Kier alpha value is -0.860. The van der Waals surface area contributed by atoms with Gasteiger partial charge in [-0.1, -0.05) is 5.16 Å². The highest BCUT2D eigenvalue weighted by Crippen LogP contribution is 2.23. The maximum absolute atomic E-state index is 13.0. The minimum atomic E-state index is -1.39. The lowest BCUT2D eigenvalue weighted by molar-refractivity contribution is 0.204. The van der Waals surface area contributed by atoms with Gasteiger partial charge in [0.2, 0.25) is 0 Å². The molecule has 0 aliphatic heterocycles. The Kier molecular flexibility index (Phi) is 1.50. The molecular weight excluding hydrogens is 133 g/mol. The van der Waals surface area contributed by atoms with Crippen LogP contribution in [-0.2, 0) is 5.67 Å². The van der Waals surface area contributed by atoms with Crippen LogP contribution < -0.4 is 0 Å². The third-order valence-corrected chi connectivity index (χ3v) is 1.24. The van der Waals surface area contributed by atoms with Crippen molar-refractivity contribution in [2.45, 2.75) is 26.4 Å². The van der Waals surface area contributed by atoms with Crippen LogP contribution in [0.2, 0.25) is 0 Å². The molecule has 1 rings (SSSR count). The SMILES string of the molecule is Cc1cc(C(C)(C)F)no1. The van der Waals surface area contributed by atoms with Crippen molar-refractivity contribution in [1.29, 1.82) is 0 Å². The molecule has 2 nitrogen and oxygen atoms in total. The van der Waals surface area contributed by atoms with Crippen molar-refractivity contribution in [1.82, 2.24) is 5.16 Å². The van der Waals surface area contributed by atoms with Crippen LogP contribution in [0.15, 0.2) is 10.6 Å². The molecule has 10 heavy (non-hydrogen) atoms. The number of aryl methyl sites for hydroxylation is 1. The number of rotatable bonds is 1. The van der Waals surface area contributed by atoms with Crippen molar-refractivity contribution >= 4 is 0 Å². The summed E-state index contributed by atoms with van der Waals surface area (Å²) in [4.78, 5) is 0. The van der Waals surface area contributed by atoms with Crippen molar-refractivity contribution in [2.75, 3.05) is 0 Å². The lowest BCUT2D eigenvalue weighted by Crippen LogP contribution is -2.08. The van der Waals surface area contributed by atoms with Gasteiger partial charge in [-0.25, -0.2) is 4.39 Å². The molecule has 1 heterocycles. The normalized spacial score (nSPS) is 12.0. The Bertz CT molecular complexity index is 224. The fourth-order valence-electron chi connectivity index (χ4n) is 0.647. The predicted molar refractivity (Wildman–Crippen MR) is 35.4 cm³/mol. The van der Waals surface area contributed by atoms with E-state index in [-0.39, 0.29) is 0 Å². The Balaban J connectivity index is 2.96. The molecule has 0 radical (unpaired) electrons. The first-order valence-corrected chi connectivity index (χ1v) is 3.13. The van der Waals surface area contributed by atoms with Crippen molar-refractivity contribution in [3.8, 4) is 0 Å². The third kappa shape index (κ3) is 1.35. The standard InChI is InChI=1S/C7H10FNO/c1-5-4-6(9-10-5)7(2,3)8/h4H,1-3H3. The van der Waals surface area contributed by atoms with Gasteiger partial charge in [-0.3, -0.25) is 0 Å². The number of aromatic nitrogens is 1. The Morgan fingerprint density at radius 3 is 2.40 bits per heavy atom. The van der Waals surface area contributed by atoms with Crippen LogP contribution in [0.1, 0.15) is 25.3 Å². The van der Waals surface area contributed by atoms with E-state index >= 15 is 0 Å². The molecule has 0 aliphatic rings. The summed E-state index contributed by atoms with van der Waals surface area (Å²) in [6, 6.07) is 1.60. The minimum Gasteiger partial charge on any atom is -0.361 e. The van der Waals surface area contributed by atoms with Gasteiger partial charge in [-0.2, -0.15) is 0 Å². The lowest BCUT2D eigenvalue weighted by atomic mass is 10.1. The highest BCUT2D eigenvalue weighted by atomic mass is 19.1. The van der Waals surface area contributed by atoms with E-state index in [4.69, 9.17) is 4.52 Å². The van der Waals surface area contributed by atoms with Gasteiger partial charge in [-0.05, 0) is 20.8 Å². The first kappa shape index (κ1) is 7.25. The Morgan fingerprint density at radius 1 is 1.60 bits per heavy atom. The fraction of sp³-hybridized carbons (Fsp3) is 0.571. The van der Waals surface area contributed by atoms with E-state index in [0.29, 0.717) is 11.5 Å². The van der Waals surface area contributed by atoms with Crippen molar-refractivity contribution in [3.63, 3.8) is 0 Å². The highest BCUT2D eigenvalue weighted by molar-refractivity contribution is 5.10. The molecule has 0 saturated heterocycles. The summed E-state index contributed by atoms with van der Waals surface area (Å²) in [5.41, 5.74) is -1.04. The predicted octanol–water partition coefficient (Wildman–Crippen LogP) is 2.19. The molecule has 0 aliphatic carbocycles. The van der Waals surface area contributed by atoms with Crippen molar-refractivity contribution < 1.29 is 8.91 Å². The monoisotopic (exact) mass is 143 g/mol. The zero-order valence-corrected chi connectivity index (χ0v) is 6.31. The van der Waals surface area contributed by atoms with Gasteiger partial charge in [0, 0.05) is 6.07 Å². The van der Waals surface area contributed by atoms with Gasteiger partial charge in [0.25, 0.3) is 0 Å². The van der Waals surface area contributed by atoms with E-state index in [1.54, 1.807) is 13.0 Å². The van der Waals surface area contributed by atoms with Crippen LogP contribution in [0, 0.1) is 6.92 Å². The number of alkyl halides is 1. The molecule has 1 aromatic heterocycles. The van der Waals surface area contributed by atoms with Gasteiger partial charge in [0.05, 0.1) is 0 Å². The lowest BCUT2D eigenvalue weighted by Gasteiger charge is -2.07. The molecule has 3 heteroatoms. The molecule has 0 N–H and O–H groups in total. The second-order valence-electron chi connectivity index (χ2n) is 2.80. The van der Waals surface area contributed by atoms with Gasteiger partial charge in [0.15, 0.2) is 5.67 Å². The first-order valence-electron chi connectivity index (χ1n) is 3.13. The second kappa shape index (κ2) is 2.08. The third-order valence-electron chi connectivity index (χ3n) is 1.24. The number of halogens is 1. The Labute approximate surface area is 59.0 Å². The van der Waals surface area contributed by atoms with Crippen LogP contribution in [-0.4, -0.2) is 5.16 Å². The maximum atomic E-state index is 13.0. The largest absolute Gasteiger partial charge is 0.361 e. The van der Waals surface area contributed by atoms with Gasteiger partial charge >= 0.3 is 0 Å². The summed E-state index contributed by atoms with van der Waals surface area (Å²) in [6.45, 7) is 4.64. The molecule has 56 valence electrons. The summed E-state index contributed by atoms with van der Waals surface area (Å²) in [5, 5.41) is 3.54. The quantitative estimate of drug-likeness (QED) is 0.602. The van der Waals surface area contributed by atoms with Crippen LogP contribution in [0.5, 0.6) is 0 Å².